The first-order valence-electron chi connectivity index (χ1n) is 13.9. The number of nitrogens with one attached hydrogen (secondary N) is 5. The first kappa shape index (κ1) is 29.4. The molecule has 10 nitrogen and oxygen atoms in total. The molecule has 210 valence electrons. The van der Waals surface area contributed by atoms with Crippen LogP contribution in [0.15, 0.2) is 0 Å². The van der Waals surface area contributed by atoms with Gasteiger partial charge in [0.1, 0.15) is 0 Å². The van der Waals surface area contributed by atoms with Gasteiger partial charge in [0.15, 0.2) is 0 Å². The molecule has 3 heterocycles. The molecule has 0 radical (unpaired) electrons. The van der Waals surface area contributed by atoms with Gasteiger partial charge in [-0.05, 0) is 93.9 Å². The third-order valence-electron chi connectivity index (χ3n) is 7.03. The first-order valence-corrected chi connectivity index (χ1v) is 13.9. The van der Waals surface area contributed by atoms with Gasteiger partial charge in [-0.3, -0.25) is 4.79 Å². The van der Waals surface area contributed by atoms with Gasteiger partial charge in [-0.15, -0.1) is 0 Å². The fourth-order valence-electron chi connectivity index (χ4n) is 6.58. The van der Waals surface area contributed by atoms with Gasteiger partial charge in [0.2, 0.25) is 17.8 Å². The lowest BCUT2D eigenvalue weighted by Gasteiger charge is -2.46. The van der Waals surface area contributed by atoms with E-state index in [1.54, 1.807) is 0 Å². The Morgan fingerprint density at radius 3 is 1.54 bits per heavy atom. The molecule has 2 aliphatic rings. The molecule has 0 saturated carbocycles. The van der Waals surface area contributed by atoms with Crippen molar-refractivity contribution in [3.05, 3.63) is 0 Å². The maximum Gasteiger partial charge on any atom is 0.303 e. The minimum Gasteiger partial charge on any atom is -0.481 e. The molecular formula is C27H50N8O2. The number of aromatic nitrogens is 3. The highest BCUT2D eigenvalue weighted by Gasteiger charge is 2.39. The number of anilines is 3. The quantitative estimate of drug-likeness (QED) is 0.234. The standard InChI is InChI=1S/C27H50N8O2/c1-24(2)14-18(15-25(3,4)34-24)29-22-31-21(28-13-11-9-10-12-20(36)37)32-23(33-22)30-19-16-26(5,6)35-27(7,8)17-19/h18-19,34-35H,9-17H2,1-8H3,(H,36,37)(H3,28,29,30,31,32,33). The molecule has 0 bridgehead atoms. The Balaban J connectivity index is 1.74. The van der Waals surface area contributed by atoms with Crippen molar-refractivity contribution in [1.29, 1.82) is 0 Å². The van der Waals surface area contributed by atoms with Crippen molar-refractivity contribution in [2.75, 3.05) is 22.5 Å². The lowest BCUT2D eigenvalue weighted by Crippen LogP contribution is -2.60. The van der Waals surface area contributed by atoms with Crippen molar-refractivity contribution < 1.29 is 9.90 Å². The summed E-state index contributed by atoms with van der Waals surface area (Å²) in [4.78, 5) is 25.0. The topological polar surface area (TPSA) is 136 Å². The summed E-state index contributed by atoms with van der Waals surface area (Å²) in [5.74, 6) is 0.956. The Morgan fingerprint density at radius 1 is 0.730 bits per heavy atom. The fourth-order valence-corrected chi connectivity index (χ4v) is 6.58. The second-order valence-electron chi connectivity index (χ2n) is 13.7. The van der Waals surface area contributed by atoms with E-state index in [0.717, 1.165) is 38.5 Å². The number of piperidine rings is 2. The van der Waals surface area contributed by atoms with Gasteiger partial charge in [-0.2, -0.15) is 15.0 Å². The number of carboxylic acid groups (broad SMARTS) is 1. The second kappa shape index (κ2) is 11.3. The first-order chi connectivity index (χ1) is 17.0. The van der Waals surface area contributed by atoms with Crippen LogP contribution in [0.5, 0.6) is 0 Å². The van der Waals surface area contributed by atoms with E-state index in [1.807, 2.05) is 0 Å². The number of hydrogen-bond donors (Lipinski definition) is 6. The van der Waals surface area contributed by atoms with E-state index < -0.39 is 5.97 Å². The zero-order valence-electron chi connectivity index (χ0n) is 24.2. The van der Waals surface area contributed by atoms with E-state index in [9.17, 15) is 4.79 Å². The van der Waals surface area contributed by atoms with Gasteiger partial charge in [0, 0.05) is 47.2 Å². The summed E-state index contributed by atoms with van der Waals surface area (Å²) in [5, 5.41) is 26.9. The van der Waals surface area contributed by atoms with E-state index in [-0.39, 0.29) is 40.7 Å². The Morgan fingerprint density at radius 2 is 1.14 bits per heavy atom. The van der Waals surface area contributed by atoms with Gasteiger partial charge in [-0.1, -0.05) is 6.42 Å². The average Bonchev–Trinajstić information content (AvgIpc) is 2.65. The van der Waals surface area contributed by atoms with Crippen LogP contribution in [0.4, 0.5) is 17.8 Å². The summed E-state index contributed by atoms with van der Waals surface area (Å²) >= 11 is 0. The number of rotatable bonds is 11. The Hall–Kier alpha value is -2.20. The zero-order chi connectivity index (χ0) is 27.5. The van der Waals surface area contributed by atoms with Crippen LogP contribution in [-0.4, -0.2) is 66.8 Å². The average molecular weight is 519 g/mol. The molecule has 1 aromatic rings. The Kier molecular flexibility index (Phi) is 8.94. The minimum atomic E-state index is -0.745. The van der Waals surface area contributed by atoms with Gasteiger partial charge in [-0.25, -0.2) is 0 Å². The van der Waals surface area contributed by atoms with E-state index in [2.05, 4.69) is 82.0 Å². The summed E-state index contributed by atoms with van der Waals surface area (Å²) in [6.07, 6.45) is 6.45. The van der Waals surface area contributed by atoms with Crippen LogP contribution in [0, 0.1) is 0 Å². The molecule has 2 saturated heterocycles. The third kappa shape index (κ3) is 9.89. The molecule has 2 aliphatic heterocycles. The maximum absolute atomic E-state index is 10.8. The maximum atomic E-state index is 10.8. The molecule has 3 rings (SSSR count). The van der Waals surface area contributed by atoms with Crippen LogP contribution in [0.25, 0.3) is 0 Å². The molecule has 0 atom stereocenters. The molecule has 2 fully saturated rings. The van der Waals surface area contributed by atoms with E-state index in [4.69, 9.17) is 20.1 Å². The van der Waals surface area contributed by atoms with Gasteiger partial charge in [0.05, 0.1) is 0 Å². The van der Waals surface area contributed by atoms with Crippen molar-refractivity contribution in [2.45, 2.75) is 141 Å². The number of unbranched alkanes of at least 4 members (excludes halogenated alkanes) is 2. The summed E-state index contributed by atoms with van der Waals surface area (Å²) < 4.78 is 0. The van der Waals surface area contributed by atoms with Crippen molar-refractivity contribution in [1.82, 2.24) is 25.6 Å². The van der Waals surface area contributed by atoms with E-state index >= 15 is 0 Å². The number of hydrogen-bond acceptors (Lipinski definition) is 9. The Labute approximate surface area is 223 Å². The van der Waals surface area contributed by atoms with Gasteiger partial charge in [0.25, 0.3) is 0 Å². The molecule has 0 amide bonds. The van der Waals surface area contributed by atoms with Crippen molar-refractivity contribution in [3.8, 4) is 0 Å². The van der Waals surface area contributed by atoms with Crippen LogP contribution in [0.2, 0.25) is 0 Å². The highest BCUT2D eigenvalue weighted by molar-refractivity contribution is 5.66. The van der Waals surface area contributed by atoms with E-state index in [0.29, 0.717) is 30.8 Å². The van der Waals surface area contributed by atoms with Gasteiger partial charge >= 0.3 is 5.97 Å². The lowest BCUT2D eigenvalue weighted by atomic mass is 9.79. The largest absolute Gasteiger partial charge is 0.481 e. The van der Waals surface area contributed by atoms with Crippen molar-refractivity contribution in [3.63, 3.8) is 0 Å². The normalized spacial score (nSPS) is 22.8. The SMILES string of the molecule is CC1(C)CC(Nc2nc(NCCCCCC(=O)O)nc(NC3CC(C)(C)NC(C)(C)C3)n2)CC(C)(C)N1. The van der Waals surface area contributed by atoms with Crippen LogP contribution < -0.4 is 26.6 Å². The fraction of sp³-hybridized carbons (Fsp3) is 0.852. The number of carboxylic acids is 1. The van der Waals surface area contributed by atoms with E-state index in [1.165, 1.54) is 0 Å². The molecule has 1 aromatic heterocycles. The molecular weight excluding hydrogens is 468 g/mol. The summed E-state index contributed by atoms with van der Waals surface area (Å²) in [6, 6.07) is 0.476. The minimum absolute atomic E-state index is 0.0107. The molecule has 10 heteroatoms. The monoisotopic (exact) mass is 518 g/mol. The smallest absolute Gasteiger partial charge is 0.303 e. The number of carbonyl (C=O) groups is 1. The summed E-state index contributed by atoms with van der Waals surface area (Å²) in [7, 11) is 0. The molecule has 0 spiro atoms. The van der Waals surface area contributed by atoms with Crippen molar-refractivity contribution >= 4 is 23.8 Å². The molecule has 0 aromatic carbocycles. The van der Waals surface area contributed by atoms with Crippen LogP contribution >= 0.6 is 0 Å². The van der Waals surface area contributed by atoms with Crippen LogP contribution in [-0.2, 0) is 4.79 Å². The van der Waals surface area contributed by atoms with Gasteiger partial charge < -0.3 is 31.7 Å². The molecule has 37 heavy (non-hydrogen) atoms. The second-order valence-corrected chi connectivity index (χ2v) is 13.7. The highest BCUT2D eigenvalue weighted by atomic mass is 16.4. The summed E-state index contributed by atoms with van der Waals surface area (Å²) in [6.45, 7) is 18.6. The Bertz CT molecular complexity index is 841. The number of aliphatic carboxylic acids is 1. The third-order valence-corrected chi connectivity index (χ3v) is 7.03. The predicted octanol–water partition coefficient (Wildman–Crippen LogP) is 4.37. The molecule has 0 aliphatic carbocycles. The van der Waals surface area contributed by atoms with Crippen molar-refractivity contribution in [2.24, 2.45) is 0 Å². The lowest BCUT2D eigenvalue weighted by molar-refractivity contribution is -0.137. The molecule has 6 N–H and O–H groups in total. The van der Waals surface area contributed by atoms with Crippen LogP contribution in [0.3, 0.4) is 0 Å². The zero-order valence-corrected chi connectivity index (χ0v) is 24.2. The predicted molar refractivity (Wildman–Crippen MR) is 150 cm³/mol. The van der Waals surface area contributed by atoms with Crippen LogP contribution in [0.1, 0.15) is 107 Å². The molecule has 0 unspecified atom stereocenters. The highest BCUT2D eigenvalue weighted by Crippen LogP contribution is 2.32. The number of nitrogens with zero attached hydrogens (tertiary/aromatic N) is 3. The summed E-state index contributed by atoms with van der Waals surface area (Å²) in [5.41, 5.74) is 0.0429.